The number of halogens is 1. The quantitative estimate of drug-likeness (QED) is 0.0562. The van der Waals surface area contributed by atoms with Crippen LogP contribution in [-0.2, 0) is 41.1 Å². The van der Waals surface area contributed by atoms with Gasteiger partial charge in [0.25, 0.3) is 0 Å². The normalized spacial score (nSPS) is 11.2. The molecule has 0 atom stereocenters. The highest BCUT2D eigenvalue weighted by molar-refractivity contribution is 7.91. The van der Waals surface area contributed by atoms with E-state index in [9.17, 15) is 21.6 Å². The highest BCUT2D eigenvalue weighted by Crippen LogP contribution is 2.30. The molecule has 0 saturated heterocycles. The molecule has 17 heteroatoms. The molecule has 0 amide bonds. The number of nitrogens with two attached hydrogens (primary N) is 2. The molecular formula is C27H34ClN5O9S2. The van der Waals surface area contributed by atoms with Crippen LogP contribution in [-0.4, -0.2) is 64.4 Å². The highest BCUT2D eigenvalue weighted by atomic mass is 35.5. The lowest BCUT2D eigenvalue weighted by Gasteiger charge is -2.22. The first-order valence-electron chi connectivity index (χ1n) is 13.0. The zero-order valence-corrected chi connectivity index (χ0v) is 26.4. The molecule has 44 heavy (non-hydrogen) atoms. The molecule has 0 bridgehead atoms. The second kappa shape index (κ2) is 16.7. The number of guanidine groups is 1. The zero-order valence-electron chi connectivity index (χ0n) is 24.0. The van der Waals surface area contributed by atoms with Crippen LogP contribution in [0.4, 0.5) is 0 Å². The number of aromatic nitrogens is 1. The average molecular weight is 672 g/mol. The minimum atomic E-state index is -4.70. The van der Waals surface area contributed by atoms with Gasteiger partial charge in [0, 0.05) is 18.7 Å². The van der Waals surface area contributed by atoms with Crippen molar-refractivity contribution in [2.45, 2.75) is 36.6 Å². The number of ether oxygens (including phenoxy) is 2. The van der Waals surface area contributed by atoms with Crippen molar-refractivity contribution in [3.8, 4) is 11.5 Å². The molecule has 1 aromatic heterocycles. The summed E-state index contributed by atoms with van der Waals surface area (Å²) in [4.78, 5) is 20.2. The summed E-state index contributed by atoms with van der Waals surface area (Å²) in [6.07, 6.45) is 1.89. The van der Waals surface area contributed by atoms with E-state index in [1.807, 2.05) is 0 Å². The Morgan fingerprint density at radius 2 is 1.64 bits per heavy atom. The Bertz CT molecular complexity index is 1640. The van der Waals surface area contributed by atoms with E-state index in [1.54, 1.807) is 38.1 Å². The van der Waals surface area contributed by atoms with Crippen molar-refractivity contribution in [3.05, 3.63) is 78.1 Å². The van der Waals surface area contributed by atoms with E-state index in [0.717, 1.165) is 16.4 Å². The third kappa shape index (κ3) is 10.6. The van der Waals surface area contributed by atoms with Gasteiger partial charge in [-0.2, -0.15) is 12.7 Å². The Kier molecular flexibility index (Phi) is 13.7. The molecule has 1 heterocycles. The summed E-state index contributed by atoms with van der Waals surface area (Å²) in [5.41, 5.74) is 11.3. The Hall–Kier alpha value is -4.12. The summed E-state index contributed by atoms with van der Waals surface area (Å²) in [5.74, 6) is -0.815. The number of pyridine rings is 1. The van der Waals surface area contributed by atoms with Crippen LogP contribution in [0.25, 0.3) is 0 Å². The number of nitrogens with zero attached hydrogens (tertiary/aromatic N) is 3. The van der Waals surface area contributed by atoms with Gasteiger partial charge >= 0.3 is 16.1 Å². The lowest BCUT2D eigenvalue weighted by Crippen LogP contribution is -2.37. The number of aryl methyl sites for hydroxylation is 1. The van der Waals surface area contributed by atoms with E-state index in [0.29, 0.717) is 23.4 Å². The predicted molar refractivity (Wildman–Crippen MR) is 163 cm³/mol. The molecule has 3 rings (SSSR count). The number of rotatable bonds is 16. The number of sulfonamides is 1. The van der Waals surface area contributed by atoms with Crippen molar-refractivity contribution in [1.82, 2.24) is 9.29 Å². The maximum atomic E-state index is 13.9. The topological polar surface area (TPSA) is 203 Å². The van der Waals surface area contributed by atoms with Gasteiger partial charge in [-0.3, -0.25) is 9.78 Å². The van der Waals surface area contributed by atoms with Crippen LogP contribution in [0, 0.1) is 6.92 Å². The number of carbonyl (C=O) groups is 1. The van der Waals surface area contributed by atoms with E-state index >= 15 is 0 Å². The lowest BCUT2D eigenvalue weighted by molar-refractivity contribution is -0.143. The first-order chi connectivity index (χ1) is 20.4. The van der Waals surface area contributed by atoms with Crippen molar-refractivity contribution in [1.29, 1.82) is 0 Å². The van der Waals surface area contributed by atoms with Gasteiger partial charge in [-0.25, -0.2) is 8.42 Å². The Balaban J connectivity index is 0.00000675. The van der Waals surface area contributed by atoms with Crippen molar-refractivity contribution in [2.24, 2.45) is 16.6 Å². The molecule has 4 N–H and O–H groups in total. The Morgan fingerprint density at radius 3 is 2.30 bits per heavy atom. The summed E-state index contributed by atoms with van der Waals surface area (Å²) in [7, 11) is -9.29. The van der Waals surface area contributed by atoms with E-state index in [1.165, 1.54) is 30.5 Å². The van der Waals surface area contributed by atoms with Crippen LogP contribution in [0.2, 0.25) is 0 Å². The average Bonchev–Trinajstić information content (AvgIpc) is 2.94. The maximum absolute atomic E-state index is 13.9. The molecule has 0 aliphatic heterocycles. The van der Waals surface area contributed by atoms with Crippen LogP contribution in [0.5, 0.6) is 11.5 Å². The van der Waals surface area contributed by atoms with Crippen molar-refractivity contribution in [3.63, 3.8) is 0 Å². The molecular weight excluding hydrogens is 638 g/mol. The molecule has 0 fully saturated rings. The standard InChI is InChI=1S/C27H33N5O9S2.ClH/c1-3-38-26(33)19-32(18-21-9-6-7-12-30-21)42(34,35)24-10-4-5-11-25(24)43(36,37)41-23-16-20(2)15-22(17-23)39-13-8-14-40-31-27(28)29;/h4-7,9-12,15-17H,3,8,13-14,18-19H2,1-2H3,(H4,28,29,31);1H. The summed E-state index contributed by atoms with van der Waals surface area (Å²) in [6, 6.07) is 14.3. The van der Waals surface area contributed by atoms with Gasteiger partial charge in [0.2, 0.25) is 16.0 Å². The summed E-state index contributed by atoms with van der Waals surface area (Å²) in [6.45, 7) is 2.72. The lowest BCUT2D eigenvalue weighted by atomic mass is 10.2. The van der Waals surface area contributed by atoms with Gasteiger partial charge in [-0.1, -0.05) is 18.2 Å². The fourth-order valence-corrected chi connectivity index (χ4v) is 6.76. The number of carbonyl (C=O) groups excluding carboxylic acids is 1. The number of benzene rings is 2. The number of esters is 1. The molecule has 3 aromatic rings. The smallest absolute Gasteiger partial charge is 0.340 e. The molecule has 0 spiro atoms. The Morgan fingerprint density at radius 1 is 0.955 bits per heavy atom. The van der Waals surface area contributed by atoms with Gasteiger partial charge in [0.05, 0.1) is 25.5 Å². The van der Waals surface area contributed by atoms with Gasteiger partial charge in [0.1, 0.15) is 34.4 Å². The molecule has 0 radical (unpaired) electrons. The van der Waals surface area contributed by atoms with Gasteiger partial charge in [0.15, 0.2) is 0 Å². The van der Waals surface area contributed by atoms with Gasteiger partial charge < -0.3 is 30.0 Å². The van der Waals surface area contributed by atoms with Crippen LogP contribution >= 0.6 is 12.4 Å². The van der Waals surface area contributed by atoms with Crippen LogP contribution < -0.4 is 20.4 Å². The number of hydrogen-bond acceptors (Lipinski definition) is 11. The largest absolute Gasteiger partial charge is 0.493 e. The molecule has 14 nitrogen and oxygen atoms in total. The molecule has 0 unspecified atom stereocenters. The number of oxime groups is 1. The maximum Gasteiger partial charge on any atom is 0.340 e. The summed E-state index contributed by atoms with van der Waals surface area (Å²) >= 11 is 0. The monoisotopic (exact) mass is 671 g/mol. The van der Waals surface area contributed by atoms with E-state index < -0.39 is 42.4 Å². The van der Waals surface area contributed by atoms with E-state index in [-0.39, 0.29) is 50.5 Å². The highest BCUT2D eigenvalue weighted by Gasteiger charge is 2.34. The predicted octanol–water partition coefficient (Wildman–Crippen LogP) is 2.31. The van der Waals surface area contributed by atoms with Crippen molar-refractivity contribution < 1.29 is 40.1 Å². The number of hydrogen-bond donors (Lipinski definition) is 2. The molecule has 0 aliphatic carbocycles. The fourth-order valence-electron chi connectivity index (χ4n) is 3.71. The minimum Gasteiger partial charge on any atom is -0.493 e. The fraction of sp³-hybridized carbons (Fsp3) is 0.296. The van der Waals surface area contributed by atoms with Gasteiger partial charge in [-0.05, 0) is 61.0 Å². The second-order valence-electron chi connectivity index (χ2n) is 8.92. The molecule has 0 saturated carbocycles. The van der Waals surface area contributed by atoms with Crippen LogP contribution in [0.3, 0.4) is 0 Å². The molecule has 2 aromatic carbocycles. The van der Waals surface area contributed by atoms with E-state index in [4.69, 9.17) is 30.0 Å². The SMILES string of the molecule is CCOC(=O)CN(Cc1ccccn1)S(=O)(=O)c1ccccc1S(=O)(=O)Oc1cc(C)cc(OCCCON=C(N)N)c1.Cl. The summed E-state index contributed by atoms with van der Waals surface area (Å²) < 4.78 is 71.5. The van der Waals surface area contributed by atoms with Crippen LogP contribution in [0.1, 0.15) is 24.6 Å². The van der Waals surface area contributed by atoms with Crippen LogP contribution in [0.15, 0.2) is 81.8 Å². The first-order valence-corrected chi connectivity index (χ1v) is 15.8. The second-order valence-corrected chi connectivity index (χ2v) is 12.3. The molecule has 0 aliphatic rings. The third-order valence-corrected chi connectivity index (χ3v) is 8.75. The first kappa shape index (κ1) is 36.1. The minimum absolute atomic E-state index is 0. The van der Waals surface area contributed by atoms with E-state index in [2.05, 4.69) is 10.1 Å². The third-order valence-electron chi connectivity index (χ3n) is 5.46. The van der Waals surface area contributed by atoms with Crippen molar-refractivity contribution >= 4 is 44.5 Å². The summed E-state index contributed by atoms with van der Waals surface area (Å²) in [5, 5.41) is 3.40. The van der Waals surface area contributed by atoms with Gasteiger partial charge in [-0.15, -0.1) is 12.4 Å². The Labute approximate surface area is 262 Å². The molecule has 240 valence electrons. The zero-order chi connectivity index (χ0) is 31.5. The van der Waals surface area contributed by atoms with Crippen molar-refractivity contribution in [2.75, 3.05) is 26.4 Å².